The van der Waals surface area contributed by atoms with Gasteiger partial charge in [0.15, 0.2) is 5.75 Å². The SMILES string of the molecule is OCc1cc(Oc2cnc(N3CCCCC3)nc2)cc(-c2cc(Cl)cc(Cl)c2)c1. The lowest BCUT2D eigenvalue weighted by Crippen LogP contribution is -2.30. The Bertz CT molecular complexity index is 970. The first-order valence-electron chi connectivity index (χ1n) is 9.57. The molecule has 1 fully saturated rings. The molecule has 1 saturated heterocycles. The van der Waals surface area contributed by atoms with Crippen molar-refractivity contribution in [2.24, 2.45) is 0 Å². The number of nitrogens with zero attached hydrogens (tertiary/aromatic N) is 3. The van der Waals surface area contributed by atoms with Crippen LogP contribution >= 0.6 is 23.2 Å². The number of halogens is 2. The van der Waals surface area contributed by atoms with Crippen molar-refractivity contribution in [1.29, 1.82) is 0 Å². The maximum absolute atomic E-state index is 9.65. The van der Waals surface area contributed by atoms with E-state index in [9.17, 15) is 5.11 Å². The van der Waals surface area contributed by atoms with Gasteiger partial charge in [-0.2, -0.15) is 0 Å². The molecule has 2 heterocycles. The second kappa shape index (κ2) is 8.99. The van der Waals surface area contributed by atoms with E-state index < -0.39 is 0 Å². The molecule has 7 heteroatoms. The van der Waals surface area contributed by atoms with Crippen molar-refractivity contribution in [1.82, 2.24) is 9.97 Å². The molecular formula is C22H21Cl2N3O2. The summed E-state index contributed by atoms with van der Waals surface area (Å²) < 4.78 is 5.97. The Morgan fingerprint density at radius 3 is 2.14 bits per heavy atom. The summed E-state index contributed by atoms with van der Waals surface area (Å²) in [7, 11) is 0. The second-order valence-corrected chi connectivity index (χ2v) is 7.92. The molecule has 0 amide bonds. The lowest BCUT2D eigenvalue weighted by atomic mass is 10.0. The molecule has 0 unspecified atom stereocenters. The summed E-state index contributed by atoms with van der Waals surface area (Å²) in [6.45, 7) is 1.87. The van der Waals surface area contributed by atoms with Crippen LogP contribution in [0.15, 0.2) is 48.8 Å². The number of piperidine rings is 1. The molecule has 29 heavy (non-hydrogen) atoms. The van der Waals surface area contributed by atoms with Gasteiger partial charge in [0.1, 0.15) is 5.75 Å². The normalized spacial score (nSPS) is 14.1. The van der Waals surface area contributed by atoms with Gasteiger partial charge in [-0.05, 0) is 72.4 Å². The van der Waals surface area contributed by atoms with Crippen molar-refractivity contribution in [2.45, 2.75) is 25.9 Å². The third-order valence-corrected chi connectivity index (χ3v) is 5.27. The highest BCUT2D eigenvalue weighted by Gasteiger charge is 2.13. The highest BCUT2D eigenvalue weighted by molar-refractivity contribution is 6.35. The first kappa shape index (κ1) is 20.0. The molecule has 1 aliphatic heterocycles. The predicted octanol–water partition coefficient (Wildman–Crippen LogP) is 5.73. The zero-order chi connectivity index (χ0) is 20.2. The van der Waals surface area contributed by atoms with Crippen LogP contribution < -0.4 is 9.64 Å². The van der Waals surface area contributed by atoms with Gasteiger partial charge in [0.2, 0.25) is 5.95 Å². The van der Waals surface area contributed by atoms with E-state index in [2.05, 4.69) is 14.9 Å². The van der Waals surface area contributed by atoms with Crippen molar-refractivity contribution >= 4 is 29.2 Å². The van der Waals surface area contributed by atoms with E-state index >= 15 is 0 Å². The first-order chi connectivity index (χ1) is 14.1. The molecule has 2 aromatic carbocycles. The highest BCUT2D eigenvalue weighted by Crippen LogP contribution is 2.32. The quantitative estimate of drug-likeness (QED) is 0.561. The van der Waals surface area contributed by atoms with Crippen LogP contribution in [-0.4, -0.2) is 28.2 Å². The Morgan fingerprint density at radius 1 is 0.828 bits per heavy atom. The van der Waals surface area contributed by atoms with Gasteiger partial charge >= 0.3 is 0 Å². The Morgan fingerprint density at radius 2 is 1.48 bits per heavy atom. The summed E-state index contributed by atoms with van der Waals surface area (Å²) in [4.78, 5) is 11.1. The third-order valence-electron chi connectivity index (χ3n) is 4.83. The molecule has 3 aromatic rings. The zero-order valence-electron chi connectivity index (χ0n) is 15.8. The van der Waals surface area contributed by atoms with Crippen LogP contribution in [-0.2, 0) is 6.61 Å². The van der Waals surface area contributed by atoms with Crippen molar-refractivity contribution in [3.8, 4) is 22.6 Å². The van der Waals surface area contributed by atoms with Gasteiger partial charge < -0.3 is 14.7 Å². The summed E-state index contributed by atoms with van der Waals surface area (Å²) in [6.07, 6.45) is 6.97. The number of benzene rings is 2. The van der Waals surface area contributed by atoms with Crippen LogP contribution in [0.4, 0.5) is 5.95 Å². The summed E-state index contributed by atoms with van der Waals surface area (Å²) in [5.41, 5.74) is 2.42. The monoisotopic (exact) mass is 429 g/mol. The first-order valence-corrected chi connectivity index (χ1v) is 10.3. The fourth-order valence-electron chi connectivity index (χ4n) is 3.45. The maximum atomic E-state index is 9.65. The number of aliphatic hydroxyl groups is 1. The van der Waals surface area contributed by atoms with Gasteiger partial charge in [0, 0.05) is 23.1 Å². The summed E-state index contributed by atoms with van der Waals surface area (Å²) >= 11 is 12.3. The summed E-state index contributed by atoms with van der Waals surface area (Å²) in [5, 5.41) is 10.7. The predicted molar refractivity (Wildman–Crippen MR) is 116 cm³/mol. The van der Waals surface area contributed by atoms with Gasteiger partial charge in [-0.1, -0.05) is 23.2 Å². The van der Waals surface area contributed by atoms with Crippen LogP contribution in [0.3, 0.4) is 0 Å². The van der Waals surface area contributed by atoms with Crippen LogP contribution in [0.25, 0.3) is 11.1 Å². The Kier molecular flexibility index (Phi) is 6.19. The molecule has 0 aliphatic carbocycles. The van der Waals surface area contributed by atoms with E-state index in [4.69, 9.17) is 27.9 Å². The standard InChI is InChI=1S/C22H21Cl2N3O2/c23-18-8-17(9-19(24)11-18)16-6-15(14-28)7-20(10-16)29-21-12-25-22(26-13-21)27-4-2-1-3-5-27/h6-13,28H,1-5,14H2. The lowest BCUT2D eigenvalue weighted by Gasteiger charge is -2.26. The number of rotatable bonds is 5. The van der Waals surface area contributed by atoms with E-state index in [1.807, 2.05) is 24.3 Å². The fourth-order valence-corrected chi connectivity index (χ4v) is 3.98. The molecule has 150 valence electrons. The number of ether oxygens (including phenoxy) is 1. The summed E-state index contributed by atoms with van der Waals surface area (Å²) in [5.74, 6) is 1.85. The van der Waals surface area contributed by atoms with E-state index in [1.165, 1.54) is 19.3 Å². The van der Waals surface area contributed by atoms with Gasteiger partial charge in [-0.25, -0.2) is 9.97 Å². The lowest BCUT2D eigenvalue weighted by molar-refractivity contribution is 0.281. The zero-order valence-corrected chi connectivity index (χ0v) is 17.3. The minimum absolute atomic E-state index is 0.108. The van der Waals surface area contributed by atoms with Gasteiger partial charge in [0.25, 0.3) is 0 Å². The minimum Gasteiger partial charge on any atom is -0.454 e. The smallest absolute Gasteiger partial charge is 0.225 e. The molecule has 1 N–H and O–H groups in total. The second-order valence-electron chi connectivity index (χ2n) is 7.05. The number of hydrogen-bond acceptors (Lipinski definition) is 5. The van der Waals surface area contributed by atoms with E-state index in [0.717, 1.165) is 35.7 Å². The average molecular weight is 430 g/mol. The van der Waals surface area contributed by atoms with Gasteiger partial charge in [0.05, 0.1) is 19.0 Å². The number of hydrogen-bond donors (Lipinski definition) is 1. The Labute approximate surface area is 179 Å². The highest BCUT2D eigenvalue weighted by atomic mass is 35.5. The molecule has 1 aromatic heterocycles. The van der Waals surface area contributed by atoms with Crippen molar-refractivity contribution in [3.05, 3.63) is 64.4 Å². The Balaban J connectivity index is 1.58. The van der Waals surface area contributed by atoms with Crippen LogP contribution in [0.1, 0.15) is 24.8 Å². The molecule has 0 radical (unpaired) electrons. The average Bonchev–Trinajstić information content (AvgIpc) is 2.74. The number of aliphatic hydroxyl groups excluding tert-OH is 1. The molecule has 0 saturated carbocycles. The Hall–Kier alpha value is -2.34. The van der Waals surface area contributed by atoms with Crippen molar-refractivity contribution in [2.75, 3.05) is 18.0 Å². The largest absolute Gasteiger partial charge is 0.454 e. The van der Waals surface area contributed by atoms with Crippen molar-refractivity contribution in [3.63, 3.8) is 0 Å². The topological polar surface area (TPSA) is 58.5 Å². The van der Waals surface area contributed by atoms with Crippen LogP contribution in [0, 0.1) is 0 Å². The summed E-state index contributed by atoms with van der Waals surface area (Å²) in [6, 6.07) is 10.9. The number of anilines is 1. The fraction of sp³-hybridized carbons (Fsp3) is 0.273. The molecule has 0 bridgehead atoms. The molecule has 0 atom stereocenters. The molecular weight excluding hydrogens is 409 g/mol. The molecule has 1 aliphatic rings. The maximum Gasteiger partial charge on any atom is 0.225 e. The van der Waals surface area contributed by atoms with Crippen LogP contribution in [0.2, 0.25) is 10.0 Å². The molecule has 0 spiro atoms. The van der Waals surface area contributed by atoms with E-state index in [1.54, 1.807) is 24.5 Å². The van der Waals surface area contributed by atoms with Gasteiger partial charge in [-0.15, -0.1) is 0 Å². The van der Waals surface area contributed by atoms with E-state index in [0.29, 0.717) is 21.5 Å². The van der Waals surface area contributed by atoms with E-state index in [-0.39, 0.29) is 6.61 Å². The van der Waals surface area contributed by atoms with Gasteiger partial charge in [-0.3, -0.25) is 0 Å². The van der Waals surface area contributed by atoms with Crippen molar-refractivity contribution < 1.29 is 9.84 Å². The minimum atomic E-state index is -0.108. The number of aromatic nitrogens is 2. The molecule has 4 rings (SSSR count). The van der Waals surface area contributed by atoms with Crippen LogP contribution in [0.5, 0.6) is 11.5 Å². The molecule has 5 nitrogen and oxygen atoms in total. The third kappa shape index (κ3) is 4.99.